The molecule has 2 rings (SSSR count). The van der Waals surface area contributed by atoms with Gasteiger partial charge in [0.1, 0.15) is 5.82 Å². The van der Waals surface area contributed by atoms with Gasteiger partial charge in [0, 0.05) is 18.8 Å². The van der Waals surface area contributed by atoms with Gasteiger partial charge in [0.15, 0.2) is 0 Å². The molecule has 18 heavy (non-hydrogen) atoms. The van der Waals surface area contributed by atoms with Crippen molar-refractivity contribution in [2.75, 3.05) is 18.6 Å². The third-order valence-electron chi connectivity index (χ3n) is 3.27. The summed E-state index contributed by atoms with van der Waals surface area (Å²) in [6.45, 7) is 0.942. The van der Waals surface area contributed by atoms with E-state index < -0.39 is 0 Å². The van der Waals surface area contributed by atoms with E-state index in [0.717, 1.165) is 36.1 Å². The lowest BCUT2D eigenvalue weighted by atomic mass is 9.99. The highest BCUT2D eigenvalue weighted by atomic mass is 79.9. The van der Waals surface area contributed by atoms with Gasteiger partial charge in [-0.1, -0.05) is 0 Å². The Hall–Kier alpha value is -1.10. The number of halogens is 1. The van der Waals surface area contributed by atoms with Gasteiger partial charge in [-0.25, -0.2) is 4.98 Å². The van der Waals surface area contributed by atoms with Crippen molar-refractivity contribution in [1.82, 2.24) is 4.98 Å². The maximum absolute atomic E-state index is 11.5. The molecular formula is C13H17BrN2O2. The highest BCUT2D eigenvalue weighted by Crippen LogP contribution is 2.30. The summed E-state index contributed by atoms with van der Waals surface area (Å²) in [5.41, 5.74) is 0. The molecule has 0 saturated carbocycles. The number of methoxy groups -OCH3 is 1. The Bertz CT molecular complexity index is 425. The number of rotatable bonds is 3. The normalized spacial score (nSPS) is 19.7. The van der Waals surface area contributed by atoms with Gasteiger partial charge in [-0.2, -0.15) is 0 Å². The van der Waals surface area contributed by atoms with Gasteiger partial charge >= 0.3 is 5.97 Å². The lowest BCUT2D eigenvalue weighted by Crippen LogP contribution is -2.41. The number of nitrogens with zero attached hydrogens (tertiary/aromatic N) is 2. The molecule has 1 saturated heterocycles. The molecule has 1 aliphatic rings. The molecule has 0 bridgehead atoms. The molecule has 1 aromatic rings. The Morgan fingerprint density at radius 3 is 3.17 bits per heavy atom. The Kier molecular flexibility index (Phi) is 4.58. The fourth-order valence-electron chi connectivity index (χ4n) is 2.36. The Morgan fingerprint density at radius 2 is 2.44 bits per heavy atom. The molecular weight excluding hydrogens is 296 g/mol. The van der Waals surface area contributed by atoms with E-state index in [1.54, 1.807) is 6.20 Å². The second-order valence-electron chi connectivity index (χ2n) is 4.43. The zero-order valence-corrected chi connectivity index (χ0v) is 12.0. The van der Waals surface area contributed by atoms with Crippen LogP contribution in [0.3, 0.4) is 0 Å². The molecule has 0 N–H and O–H groups in total. The summed E-state index contributed by atoms with van der Waals surface area (Å²) >= 11 is 3.52. The van der Waals surface area contributed by atoms with E-state index in [-0.39, 0.29) is 12.0 Å². The number of hydrogen-bond donors (Lipinski definition) is 0. The molecule has 0 aromatic carbocycles. The van der Waals surface area contributed by atoms with E-state index in [1.165, 1.54) is 7.11 Å². The SMILES string of the molecule is COC(=O)CC1CCCCN1c1ncccc1Br. The van der Waals surface area contributed by atoms with Crippen LogP contribution in [0.4, 0.5) is 5.82 Å². The van der Waals surface area contributed by atoms with Crippen LogP contribution >= 0.6 is 15.9 Å². The summed E-state index contributed by atoms with van der Waals surface area (Å²) in [6.07, 6.45) is 5.52. The van der Waals surface area contributed by atoms with E-state index >= 15 is 0 Å². The summed E-state index contributed by atoms with van der Waals surface area (Å²) < 4.78 is 5.74. The third kappa shape index (κ3) is 3.02. The lowest BCUT2D eigenvalue weighted by Gasteiger charge is -2.36. The fraction of sp³-hybridized carbons (Fsp3) is 0.538. The van der Waals surface area contributed by atoms with Crippen LogP contribution in [-0.2, 0) is 9.53 Å². The molecule has 98 valence electrons. The number of hydrogen-bond acceptors (Lipinski definition) is 4. The van der Waals surface area contributed by atoms with Gasteiger partial charge in [-0.15, -0.1) is 0 Å². The van der Waals surface area contributed by atoms with Crippen molar-refractivity contribution in [3.8, 4) is 0 Å². The van der Waals surface area contributed by atoms with E-state index in [4.69, 9.17) is 4.74 Å². The first-order valence-corrected chi connectivity index (χ1v) is 6.95. The van der Waals surface area contributed by atoms with Crippen LogP contribution in [0.15, 0.2) is 22.8 Å². The Morgan fingerprint density at radius 1 is 1.61 bits per heavy atom. The summed E-state index contributed by atoms with van der Waals surface area (Å²) in [5.74, 6) is 0.769. The predicted octanol–water partition coefficient (Wildman–Crippen LogP) is 2.77. The number of anilines is 1. The number of carbonyl (C=O) groups excluding carboxylic acids is 1. The third-order valence-corrected chi connectivity index (χ3v) is 3.89. The lowest BCUT2D eigenvalue weighted by molar-refractivity contribution is -0.141. The number of carbonyl (C=O) groups is 1. The maximum Gasteiger partial charge on any atom is 0.307 e. The van der Waals surface area contributed by atoms with Crippen molar-refractivity contribution >= 4 is 27.7 Å². The number of piperidine rings is 1. The summed E-state index contributed by atoms with van der Waals surface area (Å²) in [5, 5.41) is 0. The molecule has 1 fully saturated rings. The Balaban J connectivity index is 2.17. The van der Waals surface area contributed by atoms with Crippen molar-refractivity contribution in [3.63, 3.8) is 0 Å². The quantitative estimate of drug-likeness (QED) is 0.805. The standard InChI is InChI=1S/C13H17BrN2O2/c1-18-12(17)9-10-5-2-3-8-16(10)13-11(14)6-4-7-15-13/h4,6-7,10H,2-3,5,8-9H2,1H3. The highest BCUT2D eigenvalue weighted by molar-refractivity contribution is 9.10. The minimum atomic E-state index is -0.154. The van der Waals surface area contributed by atoms with Gasteiger partial charge in [0.05, 0.1) is 18.0 Å². The van der Waals surface area contributed by atoms with Crippen LogP contribution in [0.5, 0.6) is 0 Å². The molecule has 1 unspecified atom stereocenters. The smallest absolute Gasteiger partial charge is 0.307 e. The van der Waals surface area contributed by atoms with Gasteiger partial charge in [0.25, 0.3) is 0 Å². The van der Waals surface area contributed by atoms with Gasteiger partial charge in [0.2, 0.25) is 0 Å². The number of aromatic nitrogens is 1. The van der Waals surface area contributed by atoms with Crippen LogP contribution < -0.4 is 4.90 Å². The number of pyridine rings is 1. The van der Waals surface area contributed by atoms with Gasteiger partial charge in [-0.05, 0) is 47.3 Å². The summed E-state index contributed by atoms with van der Waals surface area (Å²) in [7, 11) is 1.44. The topological polar surface area (TPSA) is 42.4 Å². The van der Waals surface area contributed by atoms with Crippen LogP contribution in [0.25, 0.3) is 0 Å². The van der Waals surface area contributed by atoms with Crippen LogP contribution in [-0.4, -0.2) is 30.6 Å². The van der Waals surface area contributed by atoms with Gasteiger partial charge in [-0.3, -0.25) is 4.79 Å². The Labute approximate surface area is 115 Å². The van der Waals surface area contributed by atoms with E-state index in [1.807, 2.05) is 12.1 Å². The van der Waals surface area contributed by atoms with Crippen LogP contribution in [0.1, 0.15) is 25.7 Å². The van der Waals surface area contributed by atoms with E-state index in [2.05, 4.69) is 25.8 Å². The van der Waals surface area contributed by atoms with Crippen LogP contribution in [0.2, 0.25) is 0 Å². The van der Waals surface area contributed by atoms with Crippen molar-refractivity contribution < 1.29 is 9.53 Å². The predicted molar refractivity (Wildman–Crippen MR) is 73.6 cm³/mol. The summed E-state index contributed by atoms with van der Waals surface area (Å²) in [4.78, 5) is 18.1. The average Bonchev–Trinajstić information content (AvgIpc) is 2.40. The van der Waals surface area contributed by atoms with E-state index in [0.29, 0.717) is 6.42 Å². The average molecular weight is 313 g/mol. The molecule has 2 heterocycles. The maximum atomic E-state index is 11.5. The zero-order chi connectivity index (χ0) is 13.0. The molecule has 0 amide bonds. The first-order chi connectivity index (χ1) is 8.72. The number of esters is 1. The van der Waals surface area contributed by atoms with Crippen molar-refractivity contribution in [2.45, 2.75) is 31.7 Å². The molecule has 1 aliphatic heterocycles. The second-order valence-corrected chi connectivity index (χ2v) is 5.29. The first-order valence-electron chi connectivity index (χ1n) is 6.16. The minimum Gasteiger partial charge on any atom is -0.469 e. The zero-order valence-electron chi connectivity index (χ0n) is 10.4. The fourth-order valence-corrected chi connectivity index (χ4v) is 2.84. The molecule has 0 aliphatic carbocycles. The molecule has 0 radical (unpaired) electrons. The van der Waals surface area contributed by atoms with E-state index in [9.17, 15) is 4.79 Å². The van der Waals surface area contributed by atoms with Crippen molar-refractivity contribution in [3.05, 3.63) is 22.8 Å². The summed E-state index contributed by atoms with van der Waals surface area (Å²) in [6, 6.07) is 4.07. The van der Waals surface area contributed by atoms with Crippen molar-refractivity contribution in [1.29, 1.82) is 0 Å². The minimum absolute atomic E-state index is 0.154. The first kappa shape index (κ1) is 13.3. The molecule has 1 aromatic heterocycles. The van der Waals surface area contributed by atoms with Crippen molar-refractivity contribution in [2.24, 2.45) is 0 Å². The largest absolute Gasteiger partial charge is 0.469 e. The highest BCUT2D eigenvalue weighted by Gasteiger charge is 2.27. The van der Waals surface area contributed by atoms with Gasteiger partial charge < -0.3 is 9.64 Å². The molecule has 0 spiro atoms. The molecule has 5 heteroatoms. The molecule has 1 atom stereocenters. The monoisotopic (exact) mass is 312 g/mol. The second kappa shape index (κ2) is 6.18. The number of ether oxygens (including phenoxy) is 1. The molecule has 4 nitrogen and oxygen atoms in total. The van der Waals surface area contributed by atoms with Crippen LogP contribution in [0, 0.1) is 0 Å².